The summed E-state index contributed by atoms with van der Waals surface area (Å²) in [5.74, 6) is 2.43. The van der Waals surface area contributed by atoms with E-state index in [0.29, 0.717) is 12.1 Å². The van der Waals surface area contributed by atoms with Crippen LogP contribution in [0.5, 0.6) is 0 Å². The van der Waals surface area contributed by atoms with Crippen molar-refractivity contribution in [3.8, 4) is 12.3 Å². The summed E-state index contributed by atoms with van der Waals surface area (Å²) in [4.78, 5) is 18.3. The second-order valence-corrected chi connectivity index (χ2v) is 7.30. The van der Waals surface area contributed by atoms with E-state index < -0.39 is 22.3 Å². The third kappa shape index (κ3) is 4.40. The van der Waals surface area contributed by atoms with E-state index in [0.717, 1.165) is 23.8 Å². The predicted octanol–water partition coefficient (Wildman–Crippen LogP) is 1.70. The van der Waals surface area contributed by atoms with E-state index in [4.69, 9.17) is 15.4 Å². The highest BCUT2D eigenvalue weighted by atomic mass is 32.2. The molecule has 1 aliphatic rings. The third-order valence-corrected chi connectivity index (χ3v) is 4.10. The van der Waals surface area contributed by atoms with E-state index in [-0.39, 0.29) is 6.54 Å². The van der Waals surface area contributed by atoms with Gasteiger partial charge in [-0.1, -0.05) is 12.0 Å². The van der Waals surface area contributed by atoms with Gasteiger partial charge in [-0.15, -0.1) is 6.42 Å². The van der Waals surface area contributed by atoms with Gasteiger partial charge in [0.05, 0.1) is 11.9 Å². The van der Waals surface area contributed by atoms with Crippen LogP contribution in [-0.4, -0.2) is 46.3 Å². The molecule has 0 aliphatic heterocycles. The number of amides is 1. The Balaban J connectivity index is 2.29. The first kappa shape index (κ1) is 18.1. The summed E-state index contributed by atoms with van der Waals surface area (Å²) in [6, 6.07) is 5.39. The number of hydroxylamine groups is 1. The van der Waals surface area contributed by atoms with Crippen LogP contribution in [0.4, 0.5) is 10.5 Å². The van der Waals surface area contributed by atoms with Crippen molar-refractivity contribution in [2.24, 2.45) is 0 Å². The van der Waals surface area contributed by atoms with Gasteiger partial charge in [-0.2, -0.15) is 13.5 Å². The molecule has 1 aromatic rings. The van der Waals surface area contributed by atoms with E-state index in [1.807, 2.05) is 6.07 Å². The summed E-state index contributed by atoms with van der Waals surface area (Å²) in [6.45, 7) is 0.0654. The SMILES string of the molecule is C#CCN(OC(=O)N(C)C)c1ccc2c(c1)C(OS(C)(=O)=O)CC2. The fraction of sp³-hybridized carbons (Fsp3) is 0.438. The molecular weight excluding hydrogens is 332 g/mol. The highest BCUT2D eigenvalue weighted by Crippen LogP contribution is 2.37. The van der Waals surface area contributed by atoms with Crippen LogP contribution in [0.15, 0.2) is 18.2 Å². The van der Waals surface area contributed by atoms with Crippen LogP contribution in [0, 0.1) is 12.3 Å². The number of anilines is 1. The Bertz CT molecular complexity index is 767. The van der Waals surface area contributed by atoms with E-state index in [1.54, 1.807) is 26.2 Å². The normalized spacial score (nSPS) is 16.2. The molecular formula is C16H20N2O5S. The third-order valence-electron chi connectivity index (χ3n) is 3.52. The average Bonchev–Trinajstić information content (AvgIpc) is 2.87. The smallest absolute Gasteiger partial charge is 0.320 e. The van der Waals surface area contributed by atoms with Gasteiger partial charge in [0, 0.05) is 14.1 Å². The number of nitrogens with zero attached hydrogens (tertiary/aromatic N) is 2. The standard InChI is InChI=1S/C16H20N2O5S/c1-5-10-18(22-16(19)17(2)3)13-8-6-12-7-9-15(14(12)11-13)23-24(4,20)21/h1,6,8,11,15H,7,9-10H2,2-4H3. The summed E-state index contributed by atoms with van der Waals surface area (Å²) >= 11 is 0. The lowest BCUT2D eigenvalue weighted by atomic mass is 10.1. The monoisotopic (exact) mass is 352 g/mol. The second-order valence-electron chi connectivity index (χ2n) is 5.70. The van der Waals surface area contributed by atoms with Gasteiger partial charge in [0.2, 0.25) is 0 Å². The topological polar surface area (TPSA) is 76.2 Å². The Labute approximate surface area is 142 Å². The van der Waals surface area contributed by atoms with Gasteiger partial charge in [-0.05, 0) is 36.1 Å². The molecule has 0 aromatic heterocycles. The summed E-state index contributed by atoms with van der Waals surface area (Å²) in [7, 11) is -0.433. The molecule has 0 saturated heterocycles. The van der Waals surface area contributed by atoms with Gasteiger partial charge < -0.3 is 9.74 Å². The molecule has 8 heteroatoms. The molecule has 0 bridgehead atoms. The fourth-order valence-electron chi connectivity index (χ4n) is 2.45. The van der Waals surface area contributed by atoms with E-state index in [1.165, 1.54) is 9.96 Å². The average molecular weight is 352 g/mol. The Morgan fingerprint density at radius 2 is 2.12 bits per heavy atom. The lowest BCUT2D eigenvalue weighted by Crippen LogP contribution is -2.33. The molecule has 0 N–H and O–H groups in total. The zero-order valence-electron chi connectivity index (χ0n) is 13.9. The number of aryl methyl sites for hydroxylation is 1. The maximum Gasteiger partial charge on any atom is 0.433 e. The molecule has 24 heavy (non-hydrogen) atoms. The largest absolute Gasteiger partial charge is 0.433 e. The van der Waals surface area contributed by atoms with Crippen LogP contribution >= 0.6 is 0 Å². The molecule has 1 amide bonds. The van der Waals surface area contributed by atoms with Gasteiger partial charge in [-0.25, -0.2) is 4.79 Å². The number of benzene rings is 1. The van der Waals surface area contributed by atoms with Crippen molar-refractivity contribution in [2.45, 2.75) is 18.9 Å². The zero-order valence-corrected chi connectivity index (χ0v) is 14.7. The maximum atomic E-state index is 11.8. The highest BCUT2D eigenvalue weighted by molar-refractivity contribution is 7.86. The van der Waals surface area contributed by atoms with Crippen molar-refractivity contribution in [3.05, 3.63) is 29.3 Å². The number of hydrogen-bond donors (Lipinski definition) is 0. The van der Waals surface area contributed by atoms with Crippen molar-refractivity contribution in [2.75, 3.05) is 32.0 Å². The highest BCUT2D eigenvalue weighted by Gasteiger charge is 2.27. The minimum atomic E-state index is -3.56. The molecule has 0 saturated carbocycles. The predicted molar refractivity (Wildman–Crippen MR) is 89.8 cm³/mol. The minimum absolute atomic E-state index is 0.0654. The quantitative estimate of drug-likeness (QED) is 0.456. The molecule has 0 heterocycles. The molecule has 0 fully saturated rings. The number of carbonyl (C=O) groups excluding carboxylic acids is 1. The summed E-state index contributed by atoms with van der Waals surface area (Å²) < 4.78 is 27.9. The number of carbonyl (C=O) groups is 1. The van der Waals surface area contributed by atoms with Crippen molar-refractivity contribution in [1.29, 1.82) is 0 Å². The molecule has 1 atom stereocenters. The molecule has 130 valence electrons. The number of rotatable bonds is 5. The molecule has 1 aromatic carbocycles. The van der Waals surface area contributed by atoms with Gasteiger partial charge in [0.15, 0.2) is 0 Å². The van der Waals surface area contributed by atoms with Crippen molar-refractivity contribution < 1.29 is 22.2 Å². The second kappa shape index (κ2) is 7.11. The summed E-state index contributed by atoms with van der Waals surface area (Å²) in [6.07, 6.45) is 6.58. The van der Waals surface area contributed by atoms with Gasteiger partial charge in [0.1, 0.15) is 12.6 Å². The van der Waals surface area contributed by atoms with Crippen LogP contribution in [0.25, 0.3) is 0 Å². The zero-order chi connectivity index (χ0) is 17.9. The van der Waals surface area contributed by atoms with Crippen LogP contribution in [0.1, 0.15) is 23.7 Å². The maximum absolute atomic E-state index is 11.8. The summed E-state index contributed by atoms with van der Waals surface area (Å²) in [5.41, 5.74) is 2.33. The molecule has 0 radical (unpaired) electrons. The van der Waals surface area contributed by atoms with Crippen LogP contribution < -0.4 is 5.06 Å². The lowest BCUT2D eigenvalue weighted by molar-refractivity contribution is 0.109. The fourth-order valence-corrected chi connectivity index (χ4v) is 3.07. The van der Waals surface area contributed by atoms with Gasteiger partial charge in [-0.3, -0.25) is 4.18 Å². The van der Waals surface area contributed by atoms with Gasteiger partial charge in [0.25, 0.3) is 10.1 Å². The van der Waals surface area contributed by atoms with Crippen LogP contribution in [0.3, 0.4) is 0 Å². The Morgan fingerprint density at radius 1 is 1.42 bits per heavy atom. The van der Waals surface area contributed by atoms with Crippen molar-refractivity contribution in [1.82, 2.24) is 4.90 Å². The first-order valence-electron chi connectivity index (χ1n) is 7.32. The molecule has 0 spiro atoms. The minimum Gasteiger partial charge on any atom is -0.320 e. The number of terminal acetylenes is 1. The van der Waals surface area contributed by atoms with Crippen LogP contribution in [0.2, 0.25) is 0 Å². The van der Waals surface area contributed by atoms with E-state index >= 15 is 0 Å². The molecule has 1 aliphatic carbocycles. The number of fused-ring (bicyclic) bond motifs is 1. The van der Waals surface area contributed by atoms with Crippen LogP contribution in [-0.2, 0) is 25.6 Å². The summed E-state index contributed by atoms with van der Waals surface area (Å²) in [5, 5.41) is 1.29. The molecule has 7 nitrogen and oxygen atoms in total. The Kier molecular flexibility index (Phi) is 5.36. The lowest BCUT2D eigenvalue weighted by Gasteiger charge is -2.23. The van der Waals surface area contributed by atoms with Crippen molar-refractivity contribution >= 4 is 21.9 Å². The van der Waals surface area contributed by atoms with Gasteiger partial charge >= 0.3 is 6.09 Å². The van der Waals surface area contributed by atoms with Crippen molar-refractivity contribution in [3.63, 3.8) is 0 Å². The van der Waals surface area contributed by atoms with E-state index in [2.05, 4.69) is 5.92 Å². The first-order valence-corrected chi connectivity index (χ1v) is 9.14. The Morgan fingerprint density at radius 3 is 2.71 bits per heavy atom. The molecule has 2 rings (SSSR count). The Hall–Kier alpha value is -2.24. The first-order chi connectivity index (χ1) is 11.2. The number of hydrogen-bond acceptors (Lipinski definition) is 6. The molecule has 1 unspecified atom stereocenters. The van der Waals surface area contributed by atoms with E-state index in [9.17, 15) is 13.2 Å².